The van der Waals surface area contributed by atoms with Crippen LogP contribution in [0, 0.1) is 17.2 Å². The summed E-state index contributed by atoms with van der Waals surface area (Å²) in [6, 6.07) is 4.84. The Kier molecular flexibility index (Phi) is 3.42. The van der Waals surface area contributed by atoms with Crippen LogP contribution in [0.2, 0.25) is 0 Å². The van der Waals surface area contributed by atoms with E-state index in [4.69, 9.17) is 4.98 Å². The number of fused-ring (bicyclic) bond motifs is 1. The lowest BCUT2D eigenvalue weighted by molar-refractivity contribution is 0.358. The third kappa shape index (κ3) is 2.58. The first-order chi connectivity index (χ1) is 9.26. The fourth-order valence-corrected chi connectivity index (χ4v) is 3.43. The van der Waals surface area contributed by atoms with Crippen molar-refractivity contribution in [1.82, 2.24) is 4.98 Å². The molecule has 3 rings (SSSR count). The van der Waals surface area contributed by atoms with Gasteiger partial charge in [-0.2, -0.15) is 5.26 Å². The minimum absolute atomic E-state index is 0.489. The zero-order valence-electron chi connectivity index (χ0n) is 11.6. The highest BCUT2D eigenvalue weighted by Crippen LogP contribution is 2.29. The second-order valence-electron chi connectivity index (χ2n) is 6.07. The predicted molar refractivity (Wildman–Crippen MR) is 76.0 cm³/mol. The van der Waals surface area contributed by atoms with Gasteiger partial charge in [0.25, 0.3) is 0 Å². The summed E-state index contributed by atoms with van der Waals surface area (Å²) < 4.78 is 0. The molecule has 1 aromatic heterocycles. The van der Waals surface area contributed by atoms with Crippen LogP contribution in [-0.4, -0.2) is 11.0 Å². The van der Waals surface area contributed by atoms with Gasteiger partial charge in [0.1, 0.15) is 11.9 Å². The van der Waals surface area contributed by atoms with E-state index in [1.165, 1.54) is 43.4 Å². The molecule has 1 saturated carbocycles. The Labute approximate surface area is 115 Å². The molecule has 0 radical (unpaired) electrons. The first-order valence-electron chi connectivity index (χ1n) is 7.45. The van der Waals surface area contributed by atoms with E-state index >= 15 is 0 Å². The SMILES string of the molecule is CC1CCCC(Nc2nc3c(cc2C#N)CCC3)C1. The lowest BCUT2D eigenvalue weighted by atomic mass is 9.87. The Hall–Kier alpha value is -1.56. The molecule has 0 amide bonds. The van der Waals surface area contributed by atoms with E-state index in [2.05, 4.69) is 18.3 Å². The van der Waals surface area contributed by atoms with Gasteiger partial charge < -0.3 is 5.32 Å². The molecule has 1 N–H and O–H groups in total. The number of pyridine rings is 1. The second kappa shape index (κ2) is 5.21. The number of aromatic nitrogens is 1. The molecular weight excluding hydrogens is 234 g/mol. The van der Waals surface area contributed by atoms with Gasteiger partial charge in [0, 0.05) is 11.7 Å². The molecule has 1 aromatic rings. The van der Waals surface area contributed by atoms with Crippen LogP contribution in [-0.2, 0) is 12.8 Å². The number of aryl methyl sites for hydroxylation is 2. The predicted octanol–water partition coefficient (Wildman–Crippen LogP) is 3.43. The monoisotopic (exact) mass is 255 g/mol. The van der Waals surface area contributed by atoms with Gasteiger partial charge in [-0.25, -0.2) is 4.98 Å². The van der Waals surface area contributed by atoms with Gasteiger partial charge in [0.2, 0.25) is 0 Å². The summed E-state index contributed by atoms with van der Waals surface area (Å²) in [4.78, 5) is 4.71. The van der Waals surface area contributed by atoms with Crippen molar-refractivity contribution < 1.29 is 0 Å². The Balaban J connectivity index is 1.82. The van der Waals surface area contributed by atoms with Gasteiger partial charge in [0.05, 0.1) is 5.56 Å². The van der Waals surface area contributed by atoms with Crippen LogP contribution in [0.5, 0.6) is 0 Å². The zero-order chi connectivity index (χ0) is 13.2. The molecule has 0 saturated heterocycles. The Morgan fingerprint density at radius 1 is 1.32 bits per heavy atom. The number of anilines is 1. The van der Waals surface area contributed by atoms with E-state index in [0.29, 0.717) is 6.04 Å². The molecule has 2 atom stereocenters. The minimum atomic E-state index is 0.489. The summed E-state index contributed by atoms with van der Waals surface area (Å²) in [5, 5.41) is 12.8. The summed E-state index contributed by atoms with van der Waals surface area (Å²) >= 11 is 0. The van der Waals surface area contributed by atoms with E-state index in [1.807, 2.05) is 6.07 Å². The van der Waals surface area contributed by atoms with Crippen molar-refractivity contribution in [2.75, 3.05) is 5.32 Å². The summed E-state index contributed by atoms with van der Waals surface area (Å²) in [6.07, 6.45) is 8.34. The topological polar surface area (TPSA) is 48.7 Å². The Morgan fingerprint density at radius 2 is 2.21 bits per heavy atom. The standard InChI is InChI=1S/C16H21N3/c1-11-4-2-6-14(8-11)18-16-13(10-17)9-12-5-3-7-15(12)19-16/h9,11,14H,2-8H2,1H3,(H,18,19). The van der Waals surface area contributed by atoms with Gasteiger partial charge in [-0.05, 0) is 49.7 Å². The van der Waals surface area contributed by atoms with Crippen LogP contribution in [0.1, 0.15) is 55.8 Å². The molecule has 0 aromatic carbocycles. The fraction of sp³-hybridized carbons (Fsp3) is 0.625. The molecule has 2 unspecified atom stereocenters. The number of hydrogen-bond donors (Lipinski definition) is 1. The van der Waals surface area contributed by atoms with Crippen molar-refractivity contribution in [3.8, 4) is 6.07 Å². The molecular formula is C16H21N3. The quantitative estimate of drug-likeness (QED) is 0.880. The maximum absolute atomic E-state index is 9.30. The average molecular weight is 255 g/mol. The van der Waals surface area contributed by atoms with E-state index in [1.54, 1.807) is 0 Å². The minimum Gasteiger partial charge on any atom is -0.366 e. The van der Waals surface area contributed by atoms with Crippen molar-refractivity contribution >= 4 is 5.82 Å². The average Bonchev–Trinajstić information content (AvgIpc) is 2.85. The fourth-order valence-electron chi connectivity index (χ4n) is 3.43. The molecule has 0 spiro atoms. The molecule has 1 heterocycles. The van der Waals surface area contributed by atoms with Crippen molar-refractivity contribution in [1.29, 1.82) is 5.26 Å². The van der Waals surface area contributed by atoms with Crippen LogP contribution in [0.15, 0.2) is 6.07 Å². The van der Waals surface area contributed by atoms with Crippen LogP contribution < -0.4 is 5.32 Å². The van der Waals surface area contributed by atoms with E-state index in [9.17, 15) is 5.26 Å². The summed E-state index contributed by atoms with van der Waals surface area (Å²) in [5.74, 6) is 1.61. The highest BCUT2D eigenvalue weighted by atomic mass is 15.0. The van der Waals surface area contributed by atoms with Crippen molar-refractivity contribution in [2.45, 2.75) is 57.9 Å². The van der Waals surface area contributed by atoms with Crippen molar-refractivity contribution in [3.05, 3.63) is 22.9 Å². The second-order valence-corrected chi connectivity index (χ2v) is 6.07. The highest BCUT2D eigenvalue weighted by Gasteiger charge is 2.22. The molecule has 0 aliphatic heterocycles. The lowest BCUT2D eigenvalue weighted by Gasteiger charge is -2.28. The third-order valence-electron chi connectivity index (χ3n) is 4.45. The van der Waals surface area contributed by atoms with E-state index in [0.717, 1.165) is 30.1 Å². The van der Waals surface area contributed by atoms with Gasteiger partial charge in [-0.3, -0.25) is 0 Å². The molecule has 19 heavy (non-hydrogen) atoms. The van der Waals surface area contributed by atoms with Crippen LogP contribution in [0.25, 0.3) is 0 Å². The van der Waals surface area contributed by atoms with Crippen LogP contribution >= 0.6 is 0 Å². The van der Waals surface area contributed by atoms with Crippen molar-refractivity contribution in [3.63, 3.8) is 0 Å². The van der Waals surface area contributed by atoms with E-state index in [-0.39, 0.29) is 0 Å². The maximum atomic E-state index is 9.30. The zero-order valence-corrected chi connectivity index (χ0v) is 11.6. The summed E-state index contributed by atoms with van der Waals surface area (Å²) in [7, 11) is 0. The molecule has 0 bridgehead atoms. The largest absolute Gasteiger partial charge is 0.366 e. The number of nitrogens with one attached hydrogen (secondary N) is 1. The number of nitrogens with zero attached hydrogens (tertiary/aromatic N) is 2. The Morgan fingerprint density at radius 3 is 3.00 bits per heavy atom. The van der Waals surface area contributed by atoms with Crippen LogP contribution in [0.4, 0.5) is 5.82 Å². The summed E-state index contributed by atoms with van der Waals surface area (Å²) in [6.45, 7) is 2.31. The van der Waals surface area contributed by atoms with Gasteiger partial charge in [0.15, 0.2) is 0 Å². The number of nitriles is 1. The van der Waals surface area contributed by atoms with E-state index < -0.39 is 0 Å². The lowest BCUT2D eigenvalue weighted by Crippen LogP contribution is -2.27. The molecule has 100 valence electrons. The van der Waals surface area contributed by atoms with Gasteiger partial charge >= 0.3 is 0 Å². The third-order valence-corrected chi connectivity index (χ3v) is 4.45. The van der Waals surface area contributed by atoms with Crippen LogP contribution in [0.3, 0.4) is 0 Å². The smallest absolute Gasteiger partial charge is 0.144 e. The first kappa shape index (κ1) is 12.5. The number of hydrogen-bond acceptors (Lipinski definition) is 3. The molecule has 3 nitrogen and oxygen atoms in total. The highest BCUT2D eigenvalue weighted by molar-refractivity contribution is 5.55. The molecule has 2 aliphatic carbocycles. The normalized spacial score (nSPS) is 25.7. The Bertz CT molecular complexity index is 515. The van der Waals surface area contributed by atoms with Gasteiger partial charge in [-0.1, -0.05) is 19.8 Å². The summed E-state index contributed by atoms with van der Waals surface area (Å²) in [5.41, 5.74) is 3.20. The maximum Gasteiger partial charge on any atom is 0.144 e. The molecule has 1 fully saturated rings. The number of rotatable bonds is 2. The molecule has 3 heteroatoms. The van der Waals surface area contributed by atoms with Gasteiger partial charge in [-0.15, -0.1) is 0 Å². The molecule has 2 aliphatic rings. The first-order valence-corrected chi connectivity index (χ1v) is 7.45. The van der Waals surface area contributed by atoms with Crippen molar-refractivity contribution in [2.24, 2.45) is 5.92 Å².